The maximum atomic E-state index is 5.71. The Bertz CT molecular complexity index is 459. The number of halogens is 1. The summed E-state index contributed by atoms with van der Waals surface area (Å²) in [4.78, 5) is 14.7. The van der Waals surface area contributed by atoms with Crippen LogP contribution in [0.3, 0.4) is 0 Å². The van der Waals surface area contributed by atoms with E-state index in [2.05, 4.69) is 19.9 Å². The summed E-state index contributed by atoms with van der Waals surface area (Å²) in [7, 11) is 1.60. The number of ether oxygens (including phenoxy) is 2. The van der Waals surface area contributed by atoms with Gasteiger partial charge in [-0.25, -0.2) is 4.98 Å². The zero-order chi connectivity index (χ0) is 10.7. The van der Waals surface area contributed by atoms with Gasteiger partial charge in [0.05, 0.1) is 12.9 Å². The van der Waals surface area contributed by atoms with Crippen LogP contribution in [0, 0.1) is 0 Å². The number of rotatable bonds is 4. The van der Waals surface area contributed by atoms with Crippen molar-refractivity contribution in [2.24, 2.45) is 0 Å². The molecule has 0 aliphatic heterocycles. The zero-order valence-corrected chi connectivity index (χ0v) is 8.78. The van der Waals surface area contributed by atoms with Crippen molar-refractivity contribution in [3.05, 3.63) is 11.6 Å². The lowest BCUT2D eigenvalue weighted by molar-refractivity contribution is 0.144. The molecule has 2 heterocycles. The van der Waals surface area contributed by atoms with E-state index in [0.717, 1.165) is 0 Å². The third-order valence-electron chi connectivity index (χ3n) is 1.75. The molecule has 2 aromatic rings. The molecule has 0 saturated carbocycles. The second kappa shape index (κ2) is 4.41. The van der Waals surface area contributed by atoms with Gasteiger partial charge in [0.25, 0.3) is 0 Å². The molecule has 15 heavy (non-hydrogen) atoms. The Labute approximate surface area is 90.6 Å². The first kappa shape index (κ1) is 10.1. The molecule has 0 fully saturated rings. The van der Waals surface area contributed by atoms with Gasteiger partial charge in [0.15, 0.2) is 5.65 Å². The second-order valence-corrected chi connectivity index (χ2v) is 3.08. The number of aromatic amines is 1. The summed E-state index contributed by atoms with van der Waals surface area (Å²) in [6.45, 7) is 0.884. The van der Waals surface area contributed by atoms with Crippen molar-refractivity contribution in [2.45, 2.75) is 0 Å². The fourth-order valence-electron chi connectivity index (χ4n) is 1.11. The molecule has 0 unspecified atom stereocenters. The van der Waals surface area contributed by atoms with Crippen molar-refractivity contribution in [1.29, 1.82) is 0 Å². The number of aromatic nitrogens is 4. The molecule has 80 valence electrons. The number of hydrogen-bond acceptors (Lipinski definition) is 5. The molecule has 2 aromatic heterocycles. The quantitative estimate of drug-likeness (QED) is 0.625. The fraction of sp³-hybridized carbons (Fsp3) is 0.375. The van der Waals surface area contributed by atoms with Crippen molar-refractivity contribution in [1.82, 2.24) is 19.9 Å². The fourth-order valence-corrected chi connectivity index (χ4v) is 1.26. The highest BCUT2D eigenvalue weighted by molar-refractivity contribution is 6.28. The number of imidazole rings is 1. The summed E-state index contributed by atoms with van der Waals surface area (Å²) >= 11 is 5.71. The average Bonchev–Trinajstić information content (AvgIpc) is 2.65. The summed E-state index contributed by atoms with van der Waals surface area (Å²) in [5, 5.41) is 0.113. The normalized spacial score (nSPS) is 10.8. The second-order valence-electron chi connectivity index (χ2n) is 2.74. The van der Waals surface area contributed by atoms with Gasteiger partial charge in [-0.05, 0) is 11.6 Å². The van der Waals surface area contributed by atoms with E-state index in [1.807, 2.05) is 0 Å². The van der Waals surface area contributed by atoms with Crippen molar-refractivity contribution >= 4 is 22.8 Å². The Kier molecular flexibility index (Phi) is 2.98. The van der Waals surface area contributed by atoms with Crippen LogP contribution >= 0.6 is 11.6 Å². The molecule has 0 spiro atoms. The van der Waals surface area contributed by atoms with Crippen LogP contribution in [0.1, 0.15) is 0 Å². The first-order chi connectivity index (χ1) is 7.31. The highest BCUT2D eigenvalue weighted by Crippen LogP contribution is 2.20. The van der Waals surface area contributed by atoms with E-state index >= 15 is 0 Å². The number of nitrogens with one attached hydrogen (secondary N) is 1. The molecule has 6 nitrogen and oxygen atoms in total. The number of hydrogen-bond donors (Lipinski definition) is 1. The number of methoxy groups -OCH3 is 1. The van der Waals surface area contributed by atoms with Crippen LogP contribution in [0.15, 0.2) is 6.33 Å². The van der Waals surface area contributed by atoms with Crippen molar-refractivity contribution in [3.63, 3.8) is 0 Å². The molecule has 0 radical (unpaired) electrons. The Hall–Kier alpha value is -1.40. The summed E-state index contributed by atoms with van der Waals surface area (Å²) < 4.78 is 10.2. The predicted octanol–water partition coefficient (Wildman–Crippen LogP) is 1.03. The van der Waals surface area contributed by atoms with Gasteiger partial charge in [-0.15, -0.1) is 0 Å². The summed E-state index contributed by atoms with van der Waals surface area (Å²) in [6.07, 6.45) is 1.51. The standard InChI is InChI=1S/C8H9ClN4O2/c1-14-2-3-15-7-5-6(11-4-10-5)12-8(9)13-7/h4H,2-3H2,1H3,(H,10,11,12,13). The predicted molar refractivity (Wildman–Crippen MR) is 54.1 cm³/mol. The van der Waals surface area contributed by atoms with Gasteiger partial charge in [0, 0.05) is 7.11 Å². The largest absolute Gasteiger partial charge is 0.474 e. The van der Waals surface area contributed by atoms with Crippen molar-refractivity contribution < 1.29 is 9.47 Å². The molecule has 0 aliphatic carbocycles. The minimum atomic E-state index is 0.113. The lowest BCUT2D eigenvalue weighted by Crippen LogP contribution is -2.06. The maximum absolute atomic E-state index is 5.71. The van der Waals surface area contributed by atoms with Crippen LogP contribution < -0.4 is 4.74 Å². The molecule has 0 amide bonds. The first-order valence-corrected chi connectivity index (χ1v) is 4.67. The molecular formula is C8H9ClN4O2. The number of nitrogens with zero attached hydrogens (tertiary/aromatic N) is 3. The van der Waals surface area contributed by atoms with Gasteiger partial charge < -0.3 is 14.5 Å². The molecule has 0 aromatic carbocycles. The van der Waals surface area contributed by atoms with Gasteiger partial charge in [-0.2, -0.15) is 9.97 Å². The number of H-pyrrole nitrogens is 1. The molecule has 0 saturated heterocycles. The average molecular weight is 229 g/mol. The van der Waals surface area contributed by atoms with Gasteiger partial charge in [-0.1, -0.05) is 0 Å². The number of fused-ring (bicyclic) bond motifs is 1. The van der Waals surface area contributed by atoms with E-state index in [1.165, 1.54) is 6.33 Å². The molecule has 2 rings (SSSR count). The maximum Gasteiger partial charge on any atom is 0.244 e. The minimum Gasteiger partial charge on any atom is -0.474 e. The van der Waals surface area contributed by atoms with Crippen LogP contribution in [0.2, 0.25) is 5.28 Å². The van der Waals surface area contributed by atoms with E-state index in [-0.39, 0.29) is 5.28 Å². The Morgan fingerprint density at radius 3 is 3.07 bits per heavy atom. The smallest absolute Gasteiger partial charge is 0.244 e. The van der Waals surface area contributed by atoms with E-state index in [9.17, 15) is 0 Å². The van der Waals surface area contributed by atoms with Gasteiger partial charge in [0.1, 0.15) is 12.1 Å². The third-order valence-corrected chi connectivity index (χ3v) is 1.92. The lowest BCUT2D eigenvalue weighted by Gasteiger charge is -2.04. The van der Waals surface area contributed by atoms with E-state index < -0.39 is 0 Å². The molecule has 0 bridgehead atoms. The van der Waals surface area contributed by atoms with E-state index in [1.54, 1.807) is 7.11 Å². The Morgan fingerprint density at radius 1 is 1.40 bits per heavy atom. The van der Waals surface area contributed by atoms with Gasteiger partial charge in [0.2, 0.25) is 11.2 Å². The van der Waals surface area contributed by atoms with E-state index in [0.29, 0.717) is 30.3 Å². The Morgan fingerprint density at radius 2 is 2.27 bits per heavy atom. The van der Waals surface area contributed by atoms with Crippen LogP contribution in [-0.4, -0.2) is 40.3 Å². The summed E-state index contributed by atoms with van der Waals surface area (Å²) in [5.41, 5.74) is 1.12. The van der Waals surface area contributed by atoms with Crippen molar-refractivity contribution in [3.8, 4) is 5.88 Å². The molecule has 1 N–H and O–H groups in total. The first-order valence-electron chi connectivity index (χ1n) is 4.29. The third kappa shape index (κ3) is 2.16. The topological polar surface area (TPSA) is 72.9 Å². The van der Waals surface area contributed by atoms with Gasteiger partial charge >= 0.3 is 0 Å². The zero-order valence-electron chi connectivity index (χ0n) is 8.03. The molecule has 0 atom stereocenters. The SMILES string of the molecule is COCCOc1nc(Cl)nc2nc[nH]c12. The minimum absolute atomic E-state index is 0.113. The summed E-state index contributed by atoms with van der Waals surface area (Å²) in [6, 6.07) is 0. The van der Waals surface area contributed by atoms with Crippen LogP contribution in [0.25, 0.3) is 11.2 Å². The van der Waals surface area contributed by atoms with Crippen LogP contribution in [-0.2, 0) is 4.74 Å². The highest BCUT2D eigenvalue weighted by Gasteiger charge is 2.09. The summed E-state index contributed by atoms with van der Waals surface area (Å²) in [5.74, 6) is 0.388. The van der Waals surface area contributed by atoms with Gasteiger partial charge in [-0.3, -0.25) is 0 Å². The van der Waals surface area contributed by atoms with Crippen LogP contribution in [0.4, 0.5) is 0 Å². The van der Waals surface area contributed by atoms with Crippen LogP contribution in [0.5, 0.6) is 5.88 Å². The lowest BCUT2D eigenvalue weighted by atomic mass is 10.5. The van der Waals surface area contributed by atoms with E-state index in [4.69, 9.17) is 21.1 Å². The monoisotopic (exact) mass is 228 g/mol. The molecule has 0 aliphatic rings. The van der Waals surface area contributed by atoms with Crippen molar-refractivity contribution in [2.75, 3.05) is 20.3 Å². The Balaban J connectivity index is 2.27. The molecular weight excluding hydrogens is 220 g/mol. The highest BCUT2D eigenvalue weighted by atomic mass is 35.5. The molecule has 7 heteroatoms.